The van der Waals surface area contributed by atoms with Crippen LogP contribution in [-0.2, 0) is 10.0 Å². The van der Waals surface area contributed by atoms with E-state index in [4.69, 9.17) is 15.2 Å². The minimum absolute atomic E-state index is 0.374. The number of benzene rings is 1. The number of hydrogen-bond acceptors (Lipinski definition) is 6. The first kappa shape index (κ1) is 16.4. The van der Waals surface area contributed by atoms with Crippen LogP contribution >= 0.6 is 0 Å². The van der Waals surface area contributed by atoms with Crippen LogP contribution in [0, 0.1) is 0 Å². The van der Waals surface area contributed by atoms with Gasteiger partial charge in [-0.25, -0.2) is 13.1 Å². The number of nitrogens with one attached hydrogen (secondary N) is 2. The second kappa shape index (κ2) is 7.20. The molecule has 0 unspecified atom stereocenters. The van der Waals surface area contributed by atoms with Gasteiger partial charge in [0.1, 0.15) is 0 Å². The molecule has 0 spiro atoms. The molecule has 1 rings (SSSR count). The molecular weight excluding hydrogens is 282 g/mol. The summed E-state index contributed by atoms with van der Waals surface area (Å²) in [5, 5.41) is 3.13. The predicted octanol–water partition coefficient (Wildman–Crippen LogP) is 0.637. The van der Waals surface area contributed by atoms with Gasteiger partial charge in [0, 0.05) is 25.2 Å². The van der Waals surface area contributed by atoms with Crippen molar-refractivity contribution >= 4 is 21.4 Å². The van der Waals surface area contributed by atoms with Crippen molar-refractivity contribution in [2.24, 2.45) is 0 Å². The Labute approximate surface area is 119 Å². The lowest BCUT2D eigenvalue weighted by Gasteiger charge is -2.14. The monoisotopic (exact) mass is 303 g/mol. The Morgan fingerprint density at radius 3 is 2.30 bits per heavy atom. The van der Waals surface area contributed by atoms with Crippen molar-refractivity contribution in [3.05, 3.63) is 12.1 Å². The van der Waals surface area contributed by atoms with Crippen LogP contribution in [0.4, 0.5) is 11.4 Å². The number of rotatable bonds is 8. The molecule has 4 N–H and O–H groups in total. The van der Waals surface area contributed by atoms with E-state index in [1.54, 1.807) is 26.4 Å². The molecule has 0 aromatic heterocycles. The average molecular weight is 303 g/mol. The van der Waals surface area contributed by atoms with Crippen molar-refractivity contribution < 1.29 is 17.9 Å². The highest BCUT2D eigenvalue weighted by atomic mass is 32.2. The number of nitrogens with two attached hydrogens (primary N) is 1. The summed E-state index contributed by atoms with van der Waals surface area (Å²) in [6.45, 7) is 0.960. The molecule has 0 heterocycles. The summed E-state index contributed by atoms with van der Waals surface area (Å²) < 4.78 is 34.5. The van der Waals surface area contributed by atoms with Crippen molar-refractivity contribution in [2.45, 2.75) is 6.42 Å². The molecule has 0 aliphatic heterocycles. The Morgan fingerprint density at radius 2 is 1.75 bits per heavy atom. The maximum absolute atomic E-state index is 10.9. The smallest absolute Gasteiger partial charge is 0.208 e. The largest absolute Gasteiger partial charge is 0.493 e. The van der Waals surface area contributed by atoms with Gasteiger partial charge in [-0.2, -0.15) is 0 Å². The van der Waals surface area contributed by atoms with Crippen LogP contribution in [-0.4, -0.2) is 42.0 Å². The van der Waals surface area contributed by atoms with Crippen molar-refractivity contribution in [2.75, 3.05) is 44.6 Å². The van der Waals surface area contributed by atoms with Gasteiger partial charge in [-0.15, -0.1) is 0 Å². The molecule has 0 amide bonds. The zero-order valence-electron chi connectivity index (χ0n) is 11.9. The molecule has 0 saturated carbocycles. The van der Waals surface area contributed by atoms with E-state index in [-0.39, 0.29) is 0 Å². The lowest BCUT2D eigenvalue weighted by Crippen LogP contribution is -2.24. The van der Waals surface area contributed by atoms with Crippen LogP contribution in [0.1, 0.15) is 6.42 Å². The molecule has 0 atom stereocenters. The van der Waals surface area contributed by atoms with Crippen LogP contribution in [0.3, 0.4) is 0 Å². The fraction of sp³-hybridized carbons (Fsp3) is 0.500. The normalized spacial score (nSPS) is 11.2. The summed E-state index contributed by atoms with van der Waals surface area (Å²) in [7, 11) is -0.0437. The van der Waals surface area contributed by atoms with Crippen molar-refractivity contribution in [3.8, 4) is 11.5 Å². The van der Waals surface area contributed by atoms with Crippen LogP contribution in [0.15, 0.2) is 12.1 Å². The first-order valence-corrected chi connectivity index (χ1v) is 7.96. The first-order chi connectivity index (χ1) is 9.37. The summed E-state index contributed by atoms with van der Waals surface area (Å²) in [5.74, 6) is 1.15. The van der Waals surface area contributed by atoms with E-state index in [2.05, 4.69) is 10.0 Å². The Morgan fingerprint density at radius 1 is 1.15 bits per heavy atom. The third-order valence-corrected chi connectivity index (χ3v) is 3.32. The topological polar surface area (TPSA) is 103 Å². The van der Waals surface area contributed by atoms with Gasteiger partial charge < -0.3 is 20.5 Å². The highest BCUT2D eigenvalue weighted by Gasteiger charge is 2.08. The highest BCUT2D eigenvalue weighted by Crippen LogP contribution is 2.34. The zero-order valence-corrected chi connectivity index (χ0v) is 12.7. The van der Waals surface area contributed by atoms with Crippen LogP contribution in [0.25, 0.3) is 0 Å². The number of nitrogen functional groups attached to an aromatic ring is 1. The molecule has 7 nitrogen and oxygen atoms in total. The fourth-order valence-electron chi connectivity index (χ4n) is 1.62. The molecule has 1 aromatic rings. The van der Waals surface area contributed by atoms with E-state index in [9.17, 15) is 8.42 Å². The third kappa shape index (κ3) is 5.14. The van der Waals surface area contributed by atoms with Gasteiger partial charge in [-0.3, -0.25) is 0 Å². The number of methoxy groups -OCH3 is 2. The van der Waals surface area contributed by atoms with Crippen LogP contribution in [0.5, 0.6) is 11.5 Å². The summed E-state index contributed by atoms with van der Waals surface area (Å²) >= 11 is 0. The van der Waals surface area contributed by atoms with E-state index in [0.29, 0.717) is 36.7 Å². The van der Waals surface area contributed by atoms with E-state index < -0.39 is 10.0 Å². The van der Waals surface area contributed by atoms with Gasteiger partial charge in [0.05, 0.1) is 31.9 Å². The van der Waals surface area contributed by atoms with Gasteiger partial charge in [0.25, 0.3) is 0 Å². The van der Waals surface area contributed by atoms with Crippen LogP contribution < -0.4 is 25.2 Å². The predicted molar refractivity (Wildman–Crippen MR) is 79.9 cm³/mol. The van der Waals surface area contributed by atoms with Gasteiger partial charge in [0.15, 0.2) is 11.5 Å². The summed E-state index contributed by atoms with van der Waals surface area (Å²) in [5.41, 5.74) is 7.16. The number of anilines is 2. The minimum Gasteiger partial charge on any atom is -0.493 e. The van der Waals surface area contributed by atoms with Crippen molar-refractivity contribution in [1.29, 1.82) is 0 Å². The van der Waals surface area contributed by atoms with Crippen molar-refractivity contribution in [1.82, 2.24) is 4.72 Å². The van der Waals surface area contributed by atoms with Crippen molar-refractivity contribution in [3.63, 3.8) is 0 Å². The summed E-state index contributed by atoms with van der Waals surface area (Å²) in [6.07, 6.45) is 1.77. The third-order valence-electron chi connectivity index (χ3n) is 2.59. The molecule has 0 fully saturated rings. The SMILES string of the molecule is COc1cc(N)c(NCCCNS(C)(=O)=O)cc1OC. The molecule has 0 aliphatic rings. The molecule has 0 bridgehead atoms. The van der Waals surface area contributed by atoms with E-state index in [1.165, 1.54) is 0 Å². The zero-order chi connectivity index (χ0) is 15.2. The number of hydrogen-bond donors (Lipinski definition) is 3. The highest BCUT2D eigenvalue weighted by molar-refractivity contribution is 7.88. The quantitative estimate of drug-likeness (QED) is 0.481. The molecule has 20 heavy (non-hydrogen) atoms. The van der Waals surface area contributed by atoms with E-state index >= 15 is 0 Å². The Hall–Kier alpha value is -1.67. The van der Waals surface area contributed by atoms with Gasteiger partial charge in [-0.1, -0.05) is 0 Å². The van der Waals surface area contributed by atoms with Gasteiger partial charge in [-0.05, 0) is 6.42 Å². The molecule has 0 saturated heterocycles. The summed E-state index contributed by atoms with van der Waals surface area (Å²) in [4.78, 5) is 0. The standard InChI is InChI=1S/C12H21N3O4S/c1-18-11-7-9(13)10(8-12(11)19-2)14-5-4-6-15-20(3,16)17/h7-8,14-15H,4-6,13H2,1-3H3. The maximum atomic E-state index is 10.9. The Bertz CT molecular complexity index is 546. The molecule has 0 aliphatic carbocycles. The lowest BCUT2D eigenvalue weighted by molar-refractivity contribution is 0.355. The molecule has 0 radical (unpaired) electrons. The molecule has 8 heteroatoms. The Kier molecular flexibility index (Phi) is 5.90. The minimum atomic E-state index is -3.14. The molecular formula is C12H21N3O4S. The van der Waals surface area contributed by atoms with E-state index in [0.717, 1.165) is 11.9 Å². The second-order valence-electron chi connectivity index (χ2n) is 4.24. The summed E-state index contributed by atoms with van der Waals surface area (Å²) in [6, 6.07) is 3.42. The lowest BCUT2D eigenvalue weighted by atomic mass is 10.2. The molecule has 114 valence electrons. The molecule has 1 aromatic carbocycles. The Balaban J connectivity index is 2.56. The van der Waals surface area contributed by atoms with Gasteiger partial charge in [0.2, 0.25) is 10.0 Å². The second-order valence-corrected chi connectivity index (χ2v) is 6.07. The maximum Gasteiger partial charge on any atom is 0.208 e. The fourth-order valence-corrected chi connectivity index (χ4v) is 2.13. The van der Waals surface area contributed by atoms with Crippen LogP contribution in [0.2, 0.25) is 0 Å². The average Bonchev–Trinajstić information content (AvgIpc) is 2.38. The first-order valence-electron chi connectivity index (χ1n) is 6.07. The van der Waals surface area contributed by atoms with E-state index in [1.807, 2.05) is 0 Å². The number of sulfonamides is 1. The van der Waals surface area contributed by atoms with Gasteiger partial charge >= 0.3 is 0 Å². The number of ether oxygens (including phenoxy) is 2.